The zero-order valence-electron chi connectivity index (χ0n) is 29.7. The summed E-state index contributed by atoms with van der Waals surface area (Å²) in [7, 11) is 1.35. The lowest BCUT2D eigenvalue weighted by Gasteiger charge is -2.37. The Morgan fingerprint density at radius 1 is 1.05 bits per heavy atom. The quantitative estimate of drug-likeness (QED) is 0.160. The number of allylic oxidation sites excluding steroid dienone is 7. The second-order valence-electron chi connectivity index (χ2n) is 10.4. The molecule has 0 atom stereocenters. The van der Waals surface area contributed by atoms with Crippen molar-refractivity contribution in [3.8, 4) is 0 Å². The van der Waals surface area contributed by atoms with Crippen molar-refractivity contribution in [1.82, 2.24) is 14.9 Å². The highest BCUT2D eigenvalue weighted by molar-refractivity contribution is 6.31. The predicted octanol–water partition coefficient (Wildman–Crippen LogP) is 9.29. The van der Waals surface area contributed by atoms with Crippen molar-refractivity contribution in [2.24, 2.45) is 0 Å². The summed E-state index contributed by atoms with van der Waals surface area (Å²) in [4.78, 5) is 36.8. The van der Waals surface area contributed by atoms with Gasteiger partial charge in [-0.2, -0.15) is 0 Å². The van der Waals surface area contributed by atoms with Crippen molar-refractivity contribution in [1.29, 1.82) is 0 Å². The standard InChI is InChI=1S/C19H28N4O4.C12H19Cl.2C2H6/c1-7-14(17(24)26-6)15-13(2)20-12-21-16(15)22-8-10-23(11-9-22)18(25)27-19(3,4)5;1-4-6-7-9-12(13)10-11(3)8-5-2;2*1-2/h7,12H,8-11H2,1-6H3;6-7,9-10H,4-5,8H2,1-3H3;2*1-2H3/b14-7+;7-6+,11-10+,12-9+;;. The van der Waals surface area contributed by atoms with Gasteiger partial charge in [0, 0.05) is 31.2 Å². The number of amides is 1. The minimum absolute atomic E-state index is 0.315. The van der Waals surface area contributed by atoms with Crippen LogP contribution >= 0.6 is 11.6 Å². The summed E-state index contributed by atoms with van der Waals surface area (Å²) in [6.45, 7) is 25.8. The molecule has 1 saturated heterocycles. The second-order valence-corrected chi connectivity index (χ2v) is 10.9. The number of piperazine rings is 1. The van der Waals surface area contributed by atoms with Gasteiger partial charge in [-0.25, -0.2) is 19.6 Å². The third kappa shape index (κ3) is 16.6. The predicted molar refractivity (Wildman–Crippen MR) is 187 cm³/mol. The number of carbonyl (C=O) groups excluding carboxylic acids is 2. The van der Waals surface area contributed by atoms with Crippen molar-refractivity contribution in [2.75, 3.05) is 38.2 Å². The molecule has 44 heavy (non-hydrogen) atoms. The molecular formula is C35H59ClN4O4. The Morgan fingerprint density at radius 2 is 1.64 bits per heavy atom. The Kier molecular flexibility index (Phi) is 23.7. The van der Waals surface area contributed by atoms with Crippen LogP contribution in [0.3, 0.4) is 0 Å². The van der Waals surface area contributed by atoms with Crippen LogP contribution < -0.4 is 4.90 Å². The molecule has 1 amide bonds. The van der Waals surface area contributed by atoms with Gasteiger partial charge in [0.25, 0.3) is 0 Å². The van der Waals surface area contributed by atoms with Gasteiger partial charge in [0.2, 0.25) is 0 Å². The summed E-state index contributed by atoms with van der Waals surface area (Å²) in [5.74, 6) is 0.244. The summed E-state index contributed by atoms with van der Waals surface area (Å²) < 4.78 is 10.3. The Morgan fingerprint density at radius 3 is 2.11 bits per heavy atom. The summed E-state index contributed by atoms with van der Waals surface area (Å²) in [5.41, 5.74) is 2.62. The fourth-order valence-electron chi connectivity index (χ4n) is 3.96. The minimum atomic E-state index is -0.521. The summed E-state index contributed by atoms with van der Waals surface area (Å²) in [6, 6.07) is 0. The van der Waals surface area contributed by atoms with Crippen LogP contribution in [-0.4, -0.2) is 65.8 Å². The average Bonchev–Trinajstić information content (AvgIpc) is 3.00. The summed E-state index contributed by atoms with van der Waals surface area (Å²) >= 11 is 5.98. The van der Waals surface area contributed by atoms with Crippen LogP contribution in [0.4, 0.5) is 10.6 Å². The molecule has 0 spiro atoms. The van der Waals surface area contributed by atoms with Crippen molar-refractivity contribution >= 4 is 35.1 Å². The van der Waals surface area contributed by atoms with Gasteiger partial charge in [-0.15, -0.1) is 0 Å². The molecule has 0 aliphatic carbocycles. The number of carbonyl (C=O) groups is 2. The summed E-state index contributed by atoms with van der Waals surface area (Å²) in [6.07, 6.45) is 14.3. The van der Waals surface area contributed by atoms with Gasteiger partial charge in [0.1, 0.15) is 17.7 Å². The van der Waals surface area contributed by atoms with Crippen LogP contribution in [0, 0.1) is 6.92 Å². The zero-order chi connectivity index (χ0) is 34.3. The average molecular weight is 635 g/mol. The molecule has 1 aromatic heterocycles. The number of ether oxygens (including phenoxy) is 2. The highest BCUT2D eigenvalue weighted by Gasteiger charge is 2.29. The Balaban J connectivity index is 0. The van der Waals surface area contributed by atoms with Crippen LogP contribution in [0.5, 0.6) is 0 Å². The Hall–Kier alpha value is -3.13. The molecule has 0 saturated carbocycles. The molecular weight excluding hydrogens is 576 g/mol. The van der Waals surface area contributed by atoms with Gasteiger partial charge in [0.05, 0.1) is 23.9 Å². The fraction of sp³-hybridized carbons (Fsp3) is 0.600. The van der Waals surface area contributed by atoms with Crippen molar-refractivity contribution in [3.05, 3.63) is 58.6 Å². The normalized spacial score (nSPS) is 14.0. The molecule has 2 heterocycles. The minimum Gasteiger partial charge on any atom is -0.465 e. The molecule has 1 fully saturated rings. The first-order valence-electron chi connectivity index (χ1n) is 15.9. The molecule has 9 heteroatoms. The number of methoxy groups -OCH3 is 1. The van der Waals surface area contributed by atoms with E-state index in [9.17, 15) is 9.59 Å². The fourth-order valence-corrected chi connectivity index (χ4v) is 4.22. The maximum absolute atomic E-state index is 12.2. The number of rotatable bonds is 8. The first-order valence-corrected chi connectivity index (χ1v) is 16.2. The molecule has 0 aromatic carbocycles. The first-order chi connectivity index (χ1) is 20.9. The van der Waals surface area contributed by atoms with E-state index in [-0.39, 0.29) is 6.09 Å². The van der Waals surface area contributed by atoms with Gasteiger partial charge < -0.3 is 19.3 Å². The van der Waals surface area contributed by atoms with E-state index in [1.807, 2.05) is 73.6 Å². The lowest BCUT2D eigenvalue weighted by molar-refractivity contribution is -0.133. The van der Waals surface area contributed by atoms with E-state index in [0.717, 1.165) is 17.9 Å². The molecule has 2 rings (SSSR count). The van der Waals surface area contributed by atoms with Crippen LogP contribution in [0.15, 0.2) is 47.3 Å². The highest BCUT2D eigenvalue weighted by Crippen LogP contribution is 2.29. The molecule has 0 radical (unpaired) electrons. The molecule has 1 aromatic rings. The number of halogens is 1. The van der Waals surface area contributed by atoms with Crippen molar-refractivity contribution in [3.63, 3.8) is 0 Å². The molecule has 0 bridgehead atoms. The number of hydrogen-bond donors (Lipinski definition) is 0. The number of aromatic nitrogens is 2. The van der Waals surface area contributed by atoms with Gasteiger partial charge >= 0.3 is 12.1 Å². The molecule has 1 aliphatic rings. The summed E-state index contributed by atoms with van der Waals surface area (Å²) in [5, 5.41) is 0.815. The number of hydrogen-bond acceptors (Lipinski definition) is 7. The van der Waals surface area contributed by atoms with E-state index in [1.54, 1.807) is 17.9 Å². The van der Waals surface area contributed by atoms with E-state index in [1.165, 1.54) is 25.4 Å². The lowest BCUT2D eigenvalue weighted by Crippen LogP contribution is -2.50. The van der Waals surface area contributed by atoms with Crippen molar-refractivity contribution < 1.29 is 19.1 Å². The third-order valence-electron chi connectivity index (χ3n) is 5.87. The zero-order valence-corrected chi connectivity index (χ0v) is 30.5. The lowest BCUT2D eigenvalue weighted by atomic mass is 10.0. The second kappa shape index (κ2) is 24.2. The molecule has 8 nitrogen and oxygen atoms in total. The SMILES string of the molecule is C/C=C(/C(=O)OC)c1c(C)ncnc1N1CCN(C(=O)OC(C)(C)C)CC1.CC.CC.CC/C=C/C=C(Cl)\C=C(/C)CCC. The van der Waals surface area contributed by atoms with Gasteiger partial charge in [0.15, 0.2) is 0 Å². The van der Waals surface area contributed by atoms with E-state index < -0.39 is 11.6 Å². The largest absolute Gasteiger partial charge is 0.465 e. The number of aryl methyl sites for hydroxylation is 1. The first kappa shape index (κ1) is 43.0. The molecule has 0 N–H and O–H groups in total. The molecule has 1 aliphatic heterocycles. The number of esters is 1. The van der Waals surface area contributed by atoms with E-state index in [4.69, 9.17) is 21.1 Å². The van der Waals surface area contributed by atoms with Gasteiger partial charge in [-0.05, 0) is 66.5 Å². The topological polar surface area (TPSA) is 84.9 Å². The highest BCUT2D eigenvalue weighted by atomic mass is 35.5. The maximum Gasteiger partial charge on any atom is 0.410 e. The maximum atomic E-state index is 12.2. The third-order valence-corrected chi connectivity index (χ3v) is 6.10. The number of anilines is 1. The Bertz CT molecular complexity index is 1100. The monoisotopic (exact) mass is 634 g/mol. The van der Waals surface area contributed by atoms with Crippen LogP contribution in [-0.2, 0) is 14.3 Å². The van der Waals surface area contributed by atoms with Gasteiger partial charge in [-0.1, -0.05) is 83.4 Å². The van der Waals surface area contributed by atoms with E-state index in [2.05, 4.69) is 41.7 Å². The van der Waals surface area contributed by atoms with Gasteiger partial charge in [-0.3, -0.25) is 0 Å². The van der Waals surface area contributed by atoms with Crippen molar-refractivity contribution in [2.45, 2.75) is 108 Å². The van der Waals surface area contributed by atoms with Crippen LogP contribution in [0.2, 0.25) is 0 Å². The van der Waals surface area contributed by atoms with Crippen LogP contribution in [0.1, 0.15) is 107 Å². The van der Waals surface area contributed by atoms with E-state index >= 15 is 0 Å². The smallest absolute Gasteiger partial charge is 0.410 e. The molecule has 250 valence electrons. The molecule has 0 unspecified atom stereocenters. The number of nitrogens with zero attached hydrogens (tertiary/aromatic N) is 4. The van der Waals surface area contributed by atoms with E-state index in [0.29, 0.717) is 48.8 Å². The Labute approximate surface area is 273 Å². The van der Waals surface area contributed by atoms with Crippen LogP contribution in [0.25, 0.3) is 5.57 Å².